The highest BCUT2D eigenvalue weighted by atomic mass is 32.2. The van der Waals surface area contributed by atoms with E-state index in [2.05, 4.69) is 4.72 Å². The van der Waals surface area contributed by atoms with Crippen LogP contribution in [0.15, 0.2) is 87.3 Å². The van der Waals surface area contributed by atoms with Crippen molar-refractivity contribution < 1.29 is 19.0 Å². The number of benzene rings is 3. The number of fused-ring (bicyclic) bond motifs is 1. The maximum atomic E-state index is 13.0. The molecule has 0 aliphatic heterocycles. The molecule has 36 heavy (non-hydrogen) atoms. The number of aryl methyl sites for hydroxylation is 1. The van der Waals surface area contributed by atoms with Gasteiger partial charge in [0, 0.05) is 18.5 Å². The highest BCUT2D eigenvalue weighted by molar-refractivity contribution is 7.97. The smallest absolute Gasteiger partial charge is 0.331 e. The number of carboxylic acid groups (broad SMARTS) is 1. The predicted octanol–water partition coefficient (Wildman–Crippen LogP) is 4.16. The maximum absolute atomic E-state index is 13.0. The normalized spacial score (nSPS) is 11.9. The Morgan fingerprint density at radius 1 is 1.03 bits per heavy atom. The minimum Gasteiger partial charge on any atom is -0.480 e. The van der Waals surface area contributed by atoms with Gasteiger partial charge in [0.15, 0.2) is 0 Å². The summed E-state index contributed by atoms with van der Waals surface area (Å²) in [5.41, 5.74) is -0.263. The van der Waals surface area contributed by atoms with E-state index in [0.717, 1.165) is 21.4 Å². The molecule has 4 rings (SSSR count). The highest BCUT2D eigenvalue weighted by Crippen LogP contribution is 2.25. The van der Waals surface area contributed by atoms with Crippen molar-refractivity contribution in [1.82, 2.24) is 13.9 Å². The Kier molecular flexibility index (Phi) is 7.87. The second-order valence-corrected chi connectivity index (χ2v) is 9.01. The molecule has 10 heteroatoms. The first-order valence-electron chi connectivity index (χ1n) is 11.2. The van der Waals surface area contributed by atoms with E-state index in [1.54, 1.807) is 55.6 Å². The van der Waals surface area contributed by atoms with E-state index >= 15 is 0 Å². The van der Waals surface area contributed by atoms with Gasteiger partial charge in [-0.3, -0.25) is 18.7 Å². The van der Waals surface area contributed by atoms with Crippen molar-refractivity contribution >= 4 is 28.8 Å². The zero-order chi connectivity index (χ0) is 25.7. The van der Waals surface area contributed by atoms with Gasteiger partial charge < -0.3 is 9.84 Å². The number of nitrogens with one attached hydrogen (secondary N) is 1. The van der Waals surface area contributed by atoms with Crippen LogP contribution in [-0.4, -0.2) is 26.3 Å². The number of aromatic nitrogens is 2. The van der Waals surface area contributed by atoms with Crippen LogP contribution in [0.4, 0.5) is 4.39 Å². The molecule has 4 aromatic rings. The SMILES string of the molecule is Cn1c(=O)n(CCC[C@@H](NSc2ccc(Oc3ccc(F)cc3)cc2)C(=O)O)c(=O)c2ccccc21. The van der Waals surface area contributed by atoms with E-state index in [1.165, 1.54) is 28.8 Å². The minimum atomic E-state index is -1.03. The summed E-state index contributed by atoms with van der Waals surface area (Å²) in [4.78, 5) is 37.9. The molecule has 1 heterocycles. The summed E-state index contributed by atoms with van der Waals surface area (Å²) in [6.45, 7) is 0.113. The molecule has 0 amide bonds. The van der Waals surface area contributed by atoms with E-state index in [1.807, 2.05) is 0 Å². The van der Waals surface area contributed by atoms with Crippen LogP contribution in [0.3, 0.4) is 0 Å². The molecule has 0 radical (unpaired) electrons. The Hall–Kier alpha value is -3.89. The van der Waals surface area contributed by atoms with E-state index in [-0.39, 0.29) is 24.3 Å². The number of nitrogens with zero attached hydrogens (tertiary/aromatic N) is 2. The molecular weight excluding hydrogens is 485 g/mol. The maximum Gasteiger partial charge on any atom is 0.331 e. The molecule has 8 nitrogen and oxygen atoms in total. The second kappa shape index (κ2) is 11.2. The third-order valence-electron chi connectivity index (χ3n) is 5.62. The molecule has 0 aliphatic carbocycles. The van der Waals surface area contributed by atoms with Gasteiger partial charge in [-0.15, -0.1) is 0 Å². The standard InChI is InChI=1S/C26H24FN3O5S/c1-29-23-7-3-2-5-21(23)24(31)30(26(29)34)16-4-6-22(25(32)33)28-36-20-14-12-19(13-15-20)35-18-10-8-17(27)9-11-18/h2-3,5,7-15,22,28H,4,6,16H2,1H3,(H,32,33)/t22-/m1/s1. The van der Waals surface area contributed by atoms with Gasteiger partial charge in [0.05, 0.1) is 10.9 Å². The quantitative estimate of drug-likeness (QED) is 0.310. The number of hydrogen-bond donors (Lipinski definition) is 2. The third kappa shape index (κ3) is 5.84. The first kappa shape index (κ1) is 25.2. The number of hydrogen-bond acceptors (Lipinski definition) is 6. The lowest BCUT2D eigenvalue weighted by Gasteiger charge is -2.15. The molecule has 0 aliphatic rings. The lowest BCUT2D eigenvalue weighted by Crippen LogP contribution is -2.39. The fraction of sp³-hybridized carbons (Fsp3) is 0.192. The van der Waals surface area contributed by atoms with Gasteiger partial charge in [-0.05, 0) is 85.5 Å². The summed E-state index contributed by atoms with van der Waals surface area (Å²) in [5, 5.41) is 10.1. The van der Waals surface area contributed by atoms with Crippen LogP contribution in [0.1, 0.15) is 12.8 Å². The molecule has 186 valence electrons. The van der Waals surface area contributed by atoms with Crippen molar-refractivity contribution in [2.45, 2.75) is 30.3 Å². The molecule has 0 saturated carbocycles. The summed E-state index contributed by atoms with van der Waals surface area (Å²) in [5.74, 6) is -0.318. The first-order valence-corrected chi connectivity index (χ1v) is 12.0. The topological polar surface area (TPSA) is 103 Å². The number of carboxylic acids is 1. The van der Waals surface area contributed by atoms with Gasteiger partial charge in [-0.1, -0.05) is 12.1 Å². The van der Waals surface area contributed by atoms with Gasteiger partial charge in [-0.2, -0.15) is 0 Å². The molecule has 0 spiro atoms. The Bertz CT molecular complexity index is 1480. The Morgan fingerprint density at radius 2 is 1.67 bits per heavy atom. The molecule has 1 aromatic heterocycles. The Morgan fingerprint density at radius 3 is 2.33 bits per heavy atom. The summed E-state index contributed by atoms with van der Waals surface area (Å²) >= 11 is 1.16. The van der Waals surface area contributed by atoms with Crippen LogP contribution in [0.5, 0.6) is 11.5 Å². The first-order chi connectivity index (χ1) is 17.3. The van der Waals surface area contributed by atoms with Crippen molar-refractivity contribution in [3.8, 4) is 11.5 Å². The number of halogens is 1. The summed E-state index contributed by atoms with van der Waals surface area (Å²) < 4.78 is 24.2. The van der Waals surface area contributed by atoms with Gasteiger partial charge in [0.2, 0.25) is 0 Å². The van der Waals surface area contributed by atoms with Crippen molar-refractivity contribution in [3.63, 3.8) is 0 Å². The van der Waals surface area contributed by atoms with E-state index in [0.29, 0.717) is 28.8 Å². The van der Waals surface area contributed by atoms with Crippen LogP contribution in [-0.2, 0) is 18.4 Å². The molecular formula is C26H24FN3O5S. The average Bonchev–Trinajstić information content (AvgIpc) is 2.88. The molecule has 0 bridgehead atoms. The second-order valence-electron chi connectivity index (χ2n) is 8.10. The van der Waals surface area contributed by atoms with Crippen molar-refractivity contribution in [1.29, 1.82) is 0 Å². The fourth-order valence-corrected chi connectivity index (χ4v) is 4.47. The monoisotopic (exact) mass is 509 g/mol. The van der Waals surface area contributed by atoms with Crippen LogP contribution in [0.2, 0.25) is 0 Å². The van der Waals surface area contributed by atoms with Crippen LogP contribution in [0, 0.1) is 5.82 Å². The highest BCUT2D eigenvalue weighted by Gasteiger charge is 2.18. The largest absolute Gasteiger partial charge is 0.480 e. The zero-order valence-electron chi connectivity index (χ0n) is 19.4. The number of aliphatic carboxylic acids is 1. The zero-order valence-corrected chi connectivity index (χ0v) is 20.2. The Labute approximate surface area is 210 Å². The van der Waals surface area contributed by atoms with Crippen molar-refractivity contribution in [3.05, 3.63) is 99.5 Å². The summed E-state index contributed by atoms with van der Waals surface area (Å²) in [6.07, 6.45) is 0.541. The van der Waals surface area contributed by atoms with Crippen LogP contribution < -0.4 is 20.7 Å². The number of rotatable bonds is 10. The lowest BCUT2D eigenvalue weighted by atomic mass is 10.1. The van der Waals surface area contributed by atoms with Crippen LogP contribution >= 0.6 is 11.9 Å². The van der Waals surface area contributed by atoms with E-state index in [9.17, 15) is 23.9 Å². The van der Waals surface area contributed by atoms with E-state index in [4.69, 9.17) is 4.74 Å². The molecule has 0 fully saturated rings. The van der Waals surface area contributed by atoms with E-state index < -0.39 is 17.7 Å². The summed E-state index contributed by atoms with van der Waals surface area (Å²) in [7, 11) is 1.61. The molecule has 0 saturated heterocycles. The number of carbonyl (C=O) groups is 1. The van der Waals surface area contributed by atoms with Gasteiger partial charge >= 0.3 is 11.7 Å². The fourth-order valence-electron chi connectivity index (χ4n) is 3.70. The number of ether oxygens (including phenoxy) is 1. The minimum absolute atomic E-state index is 0.113. The van der Waals surface area contributed by atoms with Gasteiger partial charge in [0.1, 0.15) is 23.4 Å². The third-order valence-corrected chi connectivity index (χ3v) is 6.53. The van der Waals surface area contributed by atoms with Crippen LogP contribution in [0.25, 0.3) is 10.9 Å². The molecule has 2 N–H and O–H groups in total. The summed E-state index contributed by atoms with van der Waals surface area (Å²) in [6, 6.07) is 18.7. The average molecular weight is 510 g/mol. The van der Waals surface area contributed by atoms with Crippen molar-refractivity contribution in [2.75, 3.05) is 0 Å². The molecule has 1 atom stereocenters. The lowest BCUT2D eigenvalue weighted by molar-refractivity contribution is -0.139. The van der Waals surface area contributed by atoms with Gasteiger partial charge in [-0.25, -0.2) is 13.9 Å². The predicted molar refractivity (Wildman–Crippen MR) is 136 cm³/mol. The molecule has 0 unspecified atom stereocenters. The van der Waals surface area contributed by atoms with Gasteiger partial charge in [0.25, 0.3) is 5.56 Å². The molecule has 3 aromatic carbocycles. The van der Waals surface area contributed by atoms with Crippen molar-refractivity contribution in [2.24, 2.45) is 7.05 Å². The number of para-hydroxylation sites is 1. The Balaban J connectivity index is 1.35.